The van der Waals surface area contributed by atoms with Crippen molar-refractivity contribution < 1.29 is 33.8 Å². The molecule has 0 aromatic heterocycles. The Bertz CT molecular complexity index is 13.5. The van der Waals surface area contributed by atoms with Gasteiger partial charge in [0.25, 0.3) is 0 Å². The van der Waals surface area contributed by atoms with Crippen LogP contribution in [-0.4, -0.2) is 44.7 Å². The first-order valence-electron chi connectivity index (χ1n) is 0.577. The molecule has 6 heavy (non-hydrogen) atoms. The second-order valence-corrected chi connectivity index (χ2v) is 0. The number of hydrogen-bond acceptors (Lipinski definition) is 2. The first-order chi connectivity index (χ1) is 2.00. The molecule has 0 saturated heterocycles. The minimum atomic E-state index is 0. The van der Waals surface area contributed by atoms with E-state index in [0.717, 1.165) is 44.7 Å². The van der Waals surface area contributed by atoms with Crippen LogP contribution in [0.1, 0.15) is 0 Å². The SMILES string of the molecule is [Co].[Cu].[S]=[InH].[S]=[InH]. The molecule has 0 aliphatic heterocycles. The molecule has 0 fully saturated rings. The van der Waals surface area contributed by atoms with Crippen LogP contribution in [0, 0.1) is 0 Å². The van der Waals surface area contributed by atoms with Crippen molar-refractivity contribution >= 4 is 62.5 Å². The first kappa shape index (κ1) is 22.9. The molecule has 0 saturated carbocycles. The molecule has 0 N–H and O–H groups in total. The van der Waals surface area contributed by atoms with Crippen LogP contribution in [0.2, 0.25) is 0 Å². The summed E-state index contributed by atoms with van der Waals surface area (Å²) in [4.78, 5) is 0. The van der Waals surface area contributed by atoms with E-state index >= 15 is 0 Å². The normalized spacial score (nSPS) is 1.00. The van der Waals surface area contributed by atoms with E-state index < -0.39 is 0 Å². The maximum atomic E-state index is 4.25. The van der Waals surface area contributed by atoms with Crippen LogP contribution < -0.4 is 0 Å². The van der Waals surface area contributed by atoms with Crippen molar-refractivity contribution in [1.82, 2.24) is 0 Å². The molecule has 0 aliphatic rings. The van der Waals surface area contributed by atoms with Crippen molar-refractivity contribution in [2.45, 2.75) is 0 Å². The van der Waals surface area contributed by atoms with E-state index in [4.69, 9.17) is 0 Å². The maximum absolute atomic E-state index is 4.25. The Labute approximate surface area is 94.4 Å². The van der Waals surface area contributed by atoms with Crippen molar-refractivity contribution in [3.05, 3.63) is 0 Å². The Hall–Kier alpha value is 3.21. The van der Waals surface area contributed by atoms with E-state index in [2.05, 4.69) is 17.8 Å². The Kier molecular flexibility index (Phi) is 158. The summed E-state index contributed by atoms with van der Waals surface area (Å²) in [5.74, 6) is 0. The Morgan fingerprint density at radius 1 is 0.833 bits per heavy atom. The van der Waals surface area contributed by atoms with E-state index in [1.807, 2.05) is 0 Å². The van der Waals surface area contributed by atoms with Crippen molar-refractivity contribution in [1.29, 1.82) is 0 Å². The molecule has 0 amide bonds. The monoisotopic (exact) mass is 418 g/mol. The molecule has 0 heterocycles. The van der Waals surface area contributed by atoms with Crippen LogP contribution in [0.15, 0.2) is 0 Å². The summed E-state index contributed by atoms with van der Waals surface area (Å²) in [5, 5.41) is 0. The minimum absolute atomic E-state index is 0. The van der Waals surface area contributed by atoms with Gasteiger partial charge in [0.05, 0.1) is 0 Å². The third kappa shape index (κ3) is 27.0. The third-order valence-corrected chi connectivity index (χ3v) is 0. The van der Waals surface area contributed by atoms with Gasteiger partial charge in [-0.1, -0.05) is 0 Å². The standard InChI is InChI=1S/Co.Cu.2In.2S.2H. The van der Waals surface area contributed by atoms with Gasteiger partial charge in [-0.25, -0.2) is 0 Å². The van der Waals surface area contributed by atoms with Crippen molar-refractivity contribution in [2.24, 2.45) is 0 Å². The zero-order valence-electron chi connectivity index (χ0n) is 2.87. The number of hydrogen-bond donors (Lipinski definition) is 0. The molecule has 40 valence electrons. The van der Waals surface area contributed by atoms with Crippen LogP contribution in [0.3, 0.4) is 0 Å². The molecule has 2 radical (unpaired) electrons. The fourth-order valence-corrected chi connectivity index (χ4v) is 0. The molecule has 0 rings (SSSR count). The summed E-state index contributed by atoms with van der Waals surface area (Å²) < 4.78 is 0. The van der Waals surface area contributed by atoms with E-state index in [1.165, 1.54) is 0 Å². The predicted molar refractivity (Wildman–Crippen MR) is 29.5 cm³/mol. The second kappa shape index (κ2) is 41.5. The molecule has 0 aromatic rings. The van der Waals surface area contributed by atoms with Gasteiger partial charge in [0, 0.05) is 33.8 Å². The quantitative estimate of drug-likeness (QED) is 0.508. The van der Waals surface area contributed by atoms with E-state index in [1.54, 1.807) is 0 Å². The van der Waals surface area contributed by atoms with Gasteiger partial charge in [0.2, 0.25) is 0 Å². The molecule has 0 aliphatic carbocycles. The molecule has 6 heteroatoms. The summed E-state index contributed by atoms with van der Waals surface area (Å²) in [5.41, 5.74) is 0. The van der Waals surface area contributed by atoms with Gasteiger partial charge in [0.1, 0.15) is 0 Å². The molecular formula is H2CoCuIn2S2. The van der Waals surface area contributed by atoms with E-state index in [9.17, 15) is 0 Å². The van der Waals surface area contributed by atoms with Gasteiger partial charge in [-0.15, -0.1) is 0 Å². The molecular weight excluding hydrogens is 416 g/mol. The summed E-state index contributed by atoms with van der Waals surface area (Å²) in [6, 6.07) is 0. The van der Waals surface area contributed by atoms with Gasteiger partial charge >= 0.3 is 62.5 Å². The zero-order chi connectivity index (χ0) is 4.00. The Morgan fingerprint density at radius 2 is 0.833 bits per heavy atom. The fraction of sp³-hybridized carbons (Fsp3) is 0. The average molecular weight is 418 g/mol. The van der Waals surface area contributed by atoms with Gasteiger partial charge in [-0.3, -0.25) is 0 Å². The summed E-state index contributed by atoms with van der Waals surface area (Å²) in [7, 11) is 8.51. The predicted octanol–water partition coefficient (Wildman–Crippen LogP) is -0.00560. The molecule has 0 aromatic carbocycles. The van der Waals surface area contributed by atoms with Gasteiger partial charge < -0.3 is 0 Å². The topological polar surface area (TPSA) is 0 Å². The third-order valence-electron chi connectivity index (χ3n) is 0. The zero-order valence-corrected chi connectivity index (χ0v) is 14.6. The summed E-state index contributed by atoms with van der Waals surface area (Å²) in [6.45, 7) is 0. The Morgan fingerprint density at radius 3 is 0.833 bits per heavy atom. The van der Waals surface area contributed by atoms with Gasteiger partial charge in [0.15, 0.2) is 0 Å². The van der Waals surface area contributed by atoms with E-state index in [0.29, 0.717) is 0 Å². The van der Waals surface area contributed by atoms with Crippen LogP contribution in [0.5, 0.6) is 0 Å². The Balaban J connectivity index is -0.00000000500. The molecule has 0 bridgehead atoms. The molecule has 0 nitrogen and oxygen atoms in total. The molecule has 0 spiro atoms. The average Bonchev–Trinajstić information content (AvgIpc) is 1.50. The summed E-state index contributed by atoms with van der Waals surface area (Å²) >= 11 is 1.47. The van der Waals surface area contributed by atoms with Crippen molar-refractivity contribution in [3.8, 4) is 0 Å². The van der Waals surface area contributed by atoms with Crippen molar-refractivity contribution in [3.63, 3.8) is 0 Å². The molecule has 0 unspecified atom stereocenters. The molecule has 0 atom stereocenters. The summed E-state index contributed by atoms with van der Waals surface area (Å²) in [6.07, 6.45) is 0. The fourth-order valence-electron chi connectivity index (χ4n) is 0. The first-order valence-corrected chi connectivity index (χ1v) is 11.6. The van der Waals surface area contributed by atoms with Gasteiger partial charge in [-0.2, -0.15) is 0 Å². The van der Waals surface area contributed by atoms with Gasteiger partial charge in [-0.05, 0) is 0 Å². The van der Waals surface area contributed by atoms with Crippen LogP contribution in [-0.2, 0) is 33.8 Å². The second-order valence-electron chi connectivity index (χ2n) is 0. The number of rotatable bonds is 0. The van der Waals surface area contributed by atoms with Crippen LogP contribution in [0.4, 0.5) is 0 Å². The van der Waals surface area contributed by atoms with Crippen LogP contribution in [0.25, 0.3) is 0 Å². The van der Waals surface area contributed by atoms with E-state index in [-0.39, 0.29) is 33.8 Å². The van der Waals surface area contributed by atoms with Crippen LogP contribution >= 0.6 is 17.8 Å². The van der Waals surface area contributed by atoms with Crippen molar-refractivity contribution in [2.75, 3.05) is 0 Å².